The predicted molar refractivity (Wildman–Crippen MR) is 95.6 cm³/mol. The molecule has 0 saturated heterocycles. The Morgan fingerprint density at radius 2 is 1.62 bits per heavy atom. The highest BCUT2D eigenvalue weighted by Crippen LogP contribution is 2.24. The van der Waals surface area contributed by atoms with E-state index in [9.17, 15) is 13.2 Å². The topological polar surface area (TPSA) is 101 Å². The molecule has 9 heteroatoms. The summed E-state index contributed by atoms with van der Waals surface area (Å²) in [6.45, 7) is 0.281. The highest BCUT2D eigenvalue weighted by molar-refractivity contribution is 7.88. The molecule has 2 amide bonds. The lowest BCUT2D eigenvalue weighted by molar-refractivity contribution is 0.251. The van der Waals surface area contributed by atoms with Crippen LogP contribution in [-0.2, 0) is 22.3 Å². The number of carbonyl (C=O) groups excluding carboxylic acids is 1. The predicted octanol–water partition coefficient (Wildman–Crippen LogP) is 3.10. The molecule has 0 aromatic heterocycles. The van der Waals surface area contributed by atoms with Crippen LogP contribution in [0.25, 0.3) is 0 Å². The minimum Gasteiger partial charge on any atom is -0.334 e. The van der Waals surface area contributed by atoms with Crippen molar-refractivity contribution < 1.29 is 13.2 Å². The monoisotopic (exact) mass is 387 g/mol. The number of hydrogen-bond acceptors (Lipinski definition) is 3. The molecule has 6 nitrogen and oxygen atoms in total. The highest BCUT2D eigenvalue weighted by atomic mass is 35.5. The van der Waals surface area contributed by atoms with Gasteiger partial charge in [-0.2, -0.15) is 0 Å². The van der Waals surface area contributed by atoms with E-state index >= 15 is 0 Å². The molecule has 2 rings (SSSR count). The van der Waals surface area contributed by atoms with Gasteiger partial charge in [0.2, 0.25) is 10.0 Å². The zero-order chi connectivity index (χ0) is 17.7. The Morgan fingerprint density at radius 3 is 2.21 bits per heavy atom. The molecule has 0 saturated carbocycles. The van der Waals surface area contributed by atoms with Gasteiger partial charge in [0.05, 0.1) is 15.8 Å². The molecule has 24 heavy (non-hydrogen) atoms. The number of urea groups is 1. The molecule has 0 heterocycles. The summed E-state index contributed by atoms with van der Waals surface area (Å²) in [4.78, 5) is 11.8. The van der Waals surface area contributed by atoms with Gasteiger partial charge in [-0.1, -0.05) is 47.5 Å². The number of halogens is 2. The van der Waals surface area contributed by atoms with Crippen LogP contribution in [0.3, 0.4) is 0 Å². The van der Waals surface area contributed by atoms with Crippen molar-refractivity contribution in [2.75, 3.05) is 5.32 Å². The maximum absolute atomic E-state index is 11.8. The molecule has 2 aromatic rings. The summed E-state index contributed by atoms with van der Waals surface area (Å²) in [6, 6.07) is 11.1. The lowest BCUT2D eigenvalue weighted by Crippen LogP contribution is -2.28. The third kappa shape index (κ3) is 6.01. The molecule has 0 fully saturated rings. The number of amides is 2. The Kier molecular flexibility index (Phi) is 6.06. The fourth-order valence-corrected chi connectivity index (χ4v) is 2.87. The molecule has 0 aliphatic carbocycles. The SMILES string of the molecule is NS(=O)(=O)Cc1ccc(CNC(=O)Nc2ccc(Cl)c(Cl)c2)cc1. The van der Waals surface area contributed by atoms with Gasteiger partial charge in [0.25, 0.3) is 0 Å². The number of rotatable bonds is 5. The van der Waals surface area contributed by atoms with Crippen molar-refractivity contribution in [3.05, 3.63) is 63.6 Å². The lowest BCUT2D eigenvalue weighted by Gasteiger charge is -2.09. The van der Waals surface area contributed by atoms with E-state index in [1.54, 1.807) is 42.5 Å². The summed E-state index contributed by atoms with van der Waals surface area (Å²) in [6.07, 6.45) is 0. The normalized spacial score (nSPS) is 11.1. The smallest absolute Gasteiger partial charge is 0.319 e. The Morgan fingerprint density at radius 1 is 1.00 bits per heavy atom. The molecule has 0 bridgehead atoms. The zero-order valence-electron chi connectivity index (χ0n) is 12.4. The number of nitrogens with two attached hydrogens (primary N) is 1. The van der Waals surface area contributed by atoms with Gasteiger partial charge in [-0.05, 0) is 29.3 Å². The first-order valence-electron chi connectivity index (χ1n) is 6.81. The fourth-order valence-electron chi connectivity index (χ4n) is 1.92. The molecule has 0 atom stereocenters. The molecule has 0 aliphatic heterocycles. The first kappa shape index (κ1) is 18.5. The van der Waals surface area contributed by atoms with Gasteiger partial charge in [-0.15, -0.1) is 0 Å². The van der Waals surface area contributed by atoms with E-state index in [4.69, 9.17) is 28.3 Å². The largest absolute Gasteiger partial charge is 0.334 e. The summed E-state index contributed by atoms with van der Waals surface area (Å²) in [5, 5.41) is 11.1. The third-order valence-corrected chi connectivity index (χ3v) is 4.50. The van der Waals surface area contributed by atoms with Gasteiger partial charge < -0.3 is 10.6 Å². The second kappa shape index (κ2) is 7.85. The van der Waals surface area contributed by atoms with E-state index < -0.39 is 16.1 Å². The molecule has 0 aliphatic rings. The molecular formula is C15H15Cl2N3O3S. The molecule has 2 aromatic carbocycles. The lowest BCUT2D eigenvalue weighted by atomic mass is 10.1. The third-order valence-electron chi connectivity index (χ3n) is 3.02. The van der Waals surface area contributed by atoms with Crippen LogP contribution in [-0.4, -0.2) is 14.4 Å². The van der Waals surface area contributed by atoms with Crippen LogP contribution in [0.15, 0.2) is 42.5 Å². The van der Waals surface area contributed by atoms with Crippen LogP contribution in [0.4, 0.5) is 10.5 Å². The van der Waals surface area contributed by atoms with Crippen molar-refractivity contribution in [3.63, 3.8) is 0 Å². The van der Waals surface area contributed by atoms with Crippen molar-refractivity contribution in [2.24, 2.45) is 5.14 Å². The number of carbonyl (C=O) groups is 1. The van der Waals surface area contributed by atoms with Crippen molar-refractivity contribution in [3.8, 4) is 0 Å². The maximum Gasteiger partial charge on any atom is 0.319 e. The summed E-state index contributed by atoms with van der Waals surface area (Å²) in [7, 11) is -3.56. The average Bonchev–Trinajstić information content (AvgIpc) is 2.49. The van der Waals surface area contributed by atoms with Crippen molar-refractivity contribution in [1.82, 2.24) is 5.32 Å². The highest BCUT2D eigenvalue weighted by Gasteiger charge is 2.06. The second-order valence-electron chi connectivity index (χ2n) is 5.06. The molecular weight excluding hydrogens is 373 g/mol. The van der Waals surface area contributed by atoms with E-state index in [-0.39, 0.29) is 12.3 Å². The van der Waals surface area contributed by atoms with E-state index in [1.165, 1.54) is 0 Å². The standard InChI is InChI=1S/C15H15Cl2N3O3S/c16-13-6-5-12(7-14(13)17)20-15(21)19-8-10-1-3-11(4-2-10)9-24(18,22)23/h1-7H,8-9H2,(H2,18,22,23)(H2,19,20,21). The summed E-state index contributed by atoms with van der Waals surface area (Å²) in [5.74, 6) is -0.224. The van der Waals surface area contributed by atoms with E-state index in [0.29, 0.717) is 21.3 Å². The number of anilines is 1. The molecule has 0 spiro atoms. The van der Waals surface area contributed by atoms with Gasteiger partial charge in [-0.3, -0.25) is 0 Å². The van der Waals surface area contributed by atoms with Crippen LogP contribution in [0.5, 0.6) is 0 Å². The number of nitrogens with one attached hydrogen (secondary N) is 2. The average molecular weight is 388 g/mol. The van der Waals surface area contributed by atoms with E-state index in [0.717, 1.165) is 5.56 Å². The summed E-state index contributed by atoms with van der Waals surface area (Å²) in [5.41, 5.74) is 1.92. The Labute approximate surface area is 150 Å². The number of benzene rings is 2. The van der Waals surface area contributed by atoms with Gasteiger partial charge in [0.15, 0.2) is 0 Å². The van der Waals surface area contributed by atoms with Crippen LogP contribution in [0.2, 0.25) is 10.0 Å². The van der Waals surface area contributed by atoms with Crippen molar-refractivity contribution in [2.45, 2.75) is 12.3 Å². The Bertz CT molecular complexity index is 840. The summed E-state index contributed by atoms with van der Waals surface area (Å²) < 4.78 is 22.0. The number of primary sulfonamides is 1. The van der Waals surface area contributed by atoms with Crippen LogP contribution < -0.4 is 15.8 Å². The van der Waals surface area contributed by atoms with Crippen LogP contribution in [0.1, 0.15) is 11.1 Å². The first-order chi connectivity index (χ1) is 11.2. The number of hydrogen-bond donors (Lipinski definition) is 3. The van der Waals surface area contributed by atoms with Crippen LogP contribution >= 0.6 is 23.2 Å². The minimum absolute atomic E-state index is 0.224. The van der Waals surface area contributed by atoms with Gasteiger partial charge in [-0.25, -0.2) is 18.4 Å². The van der Waals surface area contributed by atoms with Crippen molar-refractivity contribution >= 4 is 44.9 Å². The molecule has 0 radical (unpaired) electrons. The van der Waals surface area contributed by atoms with Gasteiger partial charge in [0, 0.05) is 12.2 Å². The summed E-state index contributed by atoms with van der Waals surface area (Å²) >= 11 is 11.7. The fraction of sp³-hybridized carbons (Fsp3) is 0.133. The van der Waals surface area contributed by atoms with Crippen molar-refractivity contribution in [1.29, 1.82) is 0 Å². The number of sulfonamides is 1. The second-order valence-corrected chi connectivity index (χ2v) is 7.49. The van der Waals surface area contributed by atoms with Gasteiger partial charge in [0.1, 0.15) is 0 Å². The minimum atomic E-state index is -3.56. The first-order valence-corrected chi connectivity index (χ1v) is 9.28. The molecule has 4 N–H and O–H groups in total. The molecule has 128 valence electrons. The van der Waals surface area contributed by atoms with Gasteiger partial charge >= 0.3 is 6.03 Å². The van der Waals surface area contributed by atoms with E-state index in [1.807, 2.05) is 0 Å². The van der Waals surface area contributed by atoms with E-state index in [2.05, 4.69) is 10.6 Å². The maximum atomic E-state index is 11.8. The Hall–Kier alpha value is -1.80. The zero-order valence-corrected chi connectivity index (χ0v) is 14.8. The quantitative estimate of drug-likeness (QED) is 0.734. The molecule has 0 unspecified atom stereocenters. The van der Waals surface area contributed by atoms with Crippen LogP contribution in [0, 0.1) is 0 Å². The Balaban J connectivity index is 1.88.